The maximum atomic E-state index is 12.6. The van der Waals surface area contributed by atoms with Crippen molar-refractivity contribution >= 4 is 46.9 Å². The first-order valence-corrected chi connectivity index (χ1v) is 11.3. The van der Waals surface area contributed by atoms with Crippen LogP contribution in [0.5, 0.6) is 0 Å². The number of benzene rings is 1. The molecule has 0 bridgehead atoms. The Morgan fingerprint density at radius 3 is 2.59 bits per heavy atom. The molecule has 9 nitrogen and oxygen atoms in total. The fraction of sp³-hybridized carbons (Fsp3) is 0.429. The Kier molecular flexibility index (Phi) is 10.5. The standard InChI is InChI=1S/C20H25ClN4O3S.CH2O2/c1-12-16(9-11-26)29-20(23-12)17(15-4-2-3-10-22-15)25-19(28)18(27)24-14-7-5-13(21)6-8-14;2-1-3/h5-8,15,17,22,26H,2-4,9-11H2,1H3,(H,24,27)(H,25,28);1H,(H,2,3). The van der Waals surface area contributed by atoms with Crippen LogP contribution in [0.15, 0.2) is 24.3 Å². The predicted octanol–water partition coefficient (Wildman–Crippen LogP) is 2.28. The average Bonchev–Trinajstić information content (AvgIpc) is 3.15. The van der Waals surface area contributed by atoms with Crippen molar-refractivity contribution in [1.82, 2.24) is 15.6 Å². The lowest BCUT2D eigenvalue weighted by atomic mass is 9.98. The second kappa shape index (κ2) is 13.1. The number of hydrogen-bond acceptors (Lipinski definition) is 7. The number of aliphatic hydroxyl groups excluding tert-OH is 1. The molecule has 3 rings (SSSR count). The number of nitrogens with zero attached hydrogens (tertiary/aromatic N) is 1. The number of rotatable bonds is 6. The summed E-state index contributed by atoms with van der Waals surface area (Å²) < 4.78 is 0. The van der Waals surface area contributed by atoms with Crippen molar-refractivity contribution in [1.29, 1.82) is 0 Å². The molecular weight excluding hydrogens is 456 g/mol. The van der Waals surface area contributed by atoms with Gasteiger partial charge in [0.2, 0.25) is 0 Å². The van der Waals surface area contributed by atoms with Crippen molar-refractivity contribution in [3.05, 3.63) is 44.9 Å². The van der Waals surface area contributed by atoms with E-state index in [1.807, 2.05) is 6.92 Å². The van der Waals surface area contributed by atoms with Crippen molar-refractivity contribution in [2.75, 3.05) is 18.5 Å². The molecule has 1 aliphatic heterocycles. The van der Waals surface area contributed by atoms with Crippen LogP contribution in [0.4, 0.5) is 5.69 Å². The fourth-order valence-electron chi connectivity index (χ4n) is 3.34. The van der Waals surface area contributed by atoms with Crippen LogP contribution in [-0.4, -0.2) is 52.7 Å². The molecule has 1 aromatic carbocycles. The molecule has 0 aliphatic carbocycles. The summed E-state index contributed by atoms with van der Waals surface area (Å²) in [6.45, 7) is 2.55. The smallest absolute Gasteiger partial charge is 0.313 e. The molecule has 0 radical (unpaired) electrons. The van der Waals surface area contributed by atoms with Crippen LogP contribution in [0, 0.1) is 6.92 Å². The lowest BCUT2D eigenvalue weighted by Gasteiger charge is -2.30. The predicted molar refractivity (Wildman–Crippen MR) is 123 cm³/mol. The summed E-state index contributed by atoms with van der Waals surface area (Å²) in [5, 5.41) is 26.3. The minimum absolute atomic E-state index is 0.00329. The van der Waals surface area contributed by atoms with Crippen LogP contribution in [0.25, 0.3) is 0 Å². The molecule has 1 aliphatic rings. The minimum Gasteiger partial charge on any atom is -0.483 e. The molecule has 2 aromatic rings. The average molecular weight is 483 g/mol. The van der Waals surface area contributed by atoms with Gasteiger partial charge in [-0.1, -0.05) is 18.0 Å². The molecule has 1 saturated heterocycles. The van der Waals surface area contributed by atoms with E-state index in [1.165, 1.54) is 11.3 Å². The number of carbonyl (C=O) groups excluding carboxylic acids is 2. The van der Waals surface area contributed by atoms with Crippen LogP contribution < -0.4 is 16.0 Å². The SMILES string of the molecule is Cc1nc(C(NC(=O)C(=O)Nc2ccc(Cl)cc2)C2CCCCN2)sc1CCO.O=CO. The molecule has 5 N–H and O–H groups in total. The number of anilines is 1. The second-order valence-corrected chi connectivity index (χ2v) is 8.66. The van der Waals surface area contributed by atoms with Crippen LogP contribution >= 0.6 is 22.9 Å². The third-order valence-corrected chi connectivity index (χ3v) is 6.41. The first-order chi connectivity index (χ1) is 15.4. The number of piperidine rings is 1. The Hall–Kier alpha value is -2.53. The van der Waals surface area contributed by atoms with E-state index in [1.54, 1.807) is 24.3 Å². The zero-order valence-corrected chi connectivity index (χ0v) is 19.2. The quantitative estimate of drug-likeness (QED) is 0.314. The molecule has 1 aromatic heterocycles. The number of carbonyl (C=O) groups is 3. The highest BCUT2D eigenvalue weighted by Gasteiger charge is 2.31. The van der Waals surface area contributed by atoms with Crippen molar-refractivity contribution in [2.45, 2.75) is 44.7 Å². The van der Waals surface area contributed by atoms with Crippen LogP contribution in [0.1, 0.15) is 40.9 Å². The summed E-state index contributed by atoms with van der Waals surface area (Å²) in [5.74, 6) is -1.45. The van der Waals surface area contributed by atoms with Crippen LogP contribution in [0.3, 0.4) is 0 Å². The number of nitrogens with one attached hydrogen (secondary N) is 3. The van der Waals surface area contributed by atoms with Gasteiger partial charge in [0.1, 0.15) is 5.01 Å². The Labute approximate surface area is 195 Å². The van der Waals surface area contributed by atoms with Gasteiger partial charge in [0.25, 0.3) is 6.47 Å². The monoisotopic (exact) mass is 482 g/mol. The fourth-order valence-corrected chi connectivity index (χ4v) is 4.64. The molecule has 2 atom stereocenters. The van der Waals surface area contributed by atoms with E-state index in [0.717, 1.165) is 41.4 Å². The van der Waals surface area contributed by atoms with E-state index in [2.05, 4.69) is 20.9 Å². The molecule has 32 heavy (non-hydrogen) atoms. The number of hydrogen-bond donors (Lipinski definition) is 5. The van der Waals surface area contributed by atoms with Crippen molar-refractivity contribution in [3.63, 3.8) is 0 Å². The van der Waals surface area contributed by atoms with Gasteiger partial charge in [0, 0.05) is 34.7 Å². The van der Waals surface area contributed by atoms with Crippen molar-refractivity contribution < 1.29 is 24.6 Å². The number of thiazole rings is 1. The number of halogens is 1. The Balaban J connectivity index is 0.00000114. The van der Waals surface area contributed by atoms with Gasteiger partial charge in [-0.2, -0.15) is 0 Å². The summed E-state index contributed by atoms with van der Waals surface area (Å²) in [6, 6.07) is 6.16. The normalized spacial score (nSPS) is 16.3. The lowest BCUT2D eigenvalue weighted by Crippen LogP contribution is -2.48. The largest absolute Gasteiger partial charge is 0.483 e. The molecule has 174 valence electrons. The van der Waals surface area contributed by atoms with Crippen LogP contribution in [-0.2, 0) is 20.8 Å². The van der Waals surface area contributed by atoms with Gasteiger partial charge >= 0.3 is 11.8 Å². The zero-order valence-electron chi connectivity index (χ0n) is 17.6. The molecule has 0 saturated carbocycles. The Bertz CT molecular complexity index is 900. The van der Waals surface area contributed by atoms with E-state index < -0.39 is 17.9 Å². The van der Waals surface area contributed by atoms with Gasteiger partial charge in [-0.3, -0.25) is 14.4 Å². The highest BCUT2D eigenvalue weighted by atomic mass is 35.5. The van der Waals surface area contributed by atoms with Gasteiger partial charge in [-0.25, -0.2) is 4.98 Å². The first-order valence-electron chi connectivity index (χ1n) is 10.1. The lowest BCUT2D eigenvalue weighted by molar-refractivity contribution is -0.136. The number of aliphatic hydroxyl groups is 1. The van der Waals surface area contributed by atoms with Crippen molar-refractivity contribution in [3.8, 4) is 0 Å². The number of amides is 2. The Morgan fingerprint density at radius 2 is 2.00 bits per heavy atom. The maximum Gasteiger partial charge on any atom is 0.313 e. The summed E-state index contributed by atoms with van der Waals surface area (Å²) >= 11 is 7.32. The zero-order chi connectivity index (χ0) is 23.5. The van der Waals surface area contributed by atoms with Gasteiger partial charge in [0.15, 0.2) is 0 Å². The molecule has 0 spiro atoms. The summed E-state index contributed by atoms with van der Waals surface area (Å²) in [4.78, 5) is 39.0. The van der Waals surface area contributed by atoms with Gasteiger partial charge in [0.05, 0.1) is 11.7 Å². The third-order valence-electron chi connectivity index (χ3n) is 4.86. The van der Waals surface area contributed by atoms with E-state index in [-0.39, 0.29) is 19.1 Å². The molecule has 1 fully saturated rings. The molecule has 2 unspecified atom stereocenters. The number of carboxylic acid groups (broad SMARTS) is 1. The topological polar surface area (TPSA) is 141 Å². The van der Waals surface area contributed by atoms with E-state index in [9.17, 15) is 14.7 Å². The number of aromatic nitrogens is 1. The summed E-state index contributed by atoms with van der Waals surface area (Å²) in [6.07, 6.45) is 3.55. The first kappa shape index (κ1) is 25.7. The Morgan fingerprint density at radius 1 is 1.31 bits per heavy atom. The summed E-state index contributed by atoms with van der Waals surface area (Å²) in [5.41, 5.74) is 1.34. The van der Waals surface area contributed by atoms with E-state index >= 15 is 0 Å². The van der Waals surface area contributed by atoms with Crippen molar-refractivity contribution in [2.24, 2.45) is 0 Å². The summed E-state index contributed by atoms with van der Waals surface area (Å²) in [7, 11) is 0. The van der Waals surface area contributed by atoms with Gasteiger partial charge < -0.3 is 26.2 Å². The minimum atomic E-state index is -0.739. The van der Waals surface area contributed by atoms with Crippen LogP contribution in [0.2, 0.25) is 5.02 Å². The highest BCUT2D eigenvalue weighted by Crippen LogP contribution is 2.29. The number of aryl methyl sites for hydroxylation is 1. The third kappa shape index (κ3) is 7.56. The maximum absolute atomic E-state index is 12.6. The molecule has 2 amide bonds. The van der Waals surface area contributed by atoms with E-state index in [0.29, 0.717) is 17.1 Å². The molecular formula is C21H27ClN4O5S. The molecule has 2 heterocycles. The highest BCUT2D eigenvalue weighted by molar-refractivity contribution is 7.11. The molecule has 11 heteroatoms. The van der Waals surface area contributed by atoms with Gasteiger partial charge in [-0.05, 0) is 50.6 Å². The second-order valence-electron chi connectivity index (χ2n) is 7.11. The van der Waals surface area contributed by atoms with E-state index in [4.69, 9.17) is 21.5 Å². The van der Waals surface area contributed by atoms with Gasteiger partial charge in [-0.15, -0.1) is 11.3 Å².